The van der Waals surface area contributed by atoms with Crippen LogP contribution < -0.4 is 10.1 Å². The standard InChI is InChI=1S/C17H16BrClN2O4/c1-3-24-17(23)11-6-7-20-15(8-11)21-16(22)10(2)25-14-5-4-12(19)9-13(14)18/h4-10H,3H2,1-2H3,(H,20,21,22). The maximum absolute atomic E-state index is 12.3. The van der Waals surface area contributed by atoms with E-state index in [9.17, 15) is 9.59 Å². The minimum atomic E-state index is -0.787. The summed E-state index contributed by atoms with van der Waals surface area (Å²) >= 11 is 9.20. The Morgan fingerprint density at radius 3 is 2.76 bits per heavy atom. The van der Waals surface area contributed by atoms with Crippen LogP contribution in [0.2, 0.25) is 5.02 Å². The van der Waals surface area contributed by atoms with Crippen LogP contribution in [-0.2, 0) is 9.53 Å². The van der Waals surface area contributed by atoms with Crippen molar-refractivity contribution in [3.8, 4) is 5.75 Å². The molecular formula is C17H16BrClN2O4. The molecule has 1 aromatic carbocycles. The topological polar surface area (TPSA) is 77.5 Å². The molecule has 1 heterocycles. The number of nitrogens with one attached hydrogen (secondary N) is 1. The third-order valence-electron chi connectivity index (χ3n) is 3.09. The van der Waals surface area contributed by atoms with Crippen molar-refractivity contribution in [3.05, 3.63) is 51.6 Å². The molecule has 1 amide bonds. The highest BCUT2D eigenvalue weighted by atomic mass is 79.9. The molecule has 0 saturated carbocycles. The molecule has 6 nitrogen and oxygen atoms in total. The summed E-state index contributed by atoms with van der Waals surface area (Å²) in [5, 5.41) is 3.16. The Bertz CT molecular complexity index is 785. The van der Waals surface area contributed by atoms with Crippen molar-refractivity contribution in [1.29, 1.82) is 0 Å². The fraction of sp³-hybridized carbons (Fsp3) is 0.235. The van der Waals surface area contributed by atoms with Crippen molar-refractivity contribution in [2.75, 3.05) is 11.9 Å². The van der Waals surface area contributed by atoms with Crippen LogP contribution >= 0.6 is 27.5 Å². The van der Waals surface area contributed by atoms with E-state index in [-0.39, 0.29) is 12.4 Å². The average Bonchev–Trinajstić information content (AvgIpc) is 2.57. The number of anilines is 1. The van der Waals surface area contributed by atoms with Gasteiger partial charge in [0.15, 0.2) is 6.10 Å². The van der Waals surface area contributed by atoms with Crippen molar-refractivity contribution in [3.63, 3.8) is 0 Å². The van der Waals surface area contributed by atoms with E-state index in [2.05, 4.69) is 26.2 Å². The van der Waals surface area contributed by atoms with E-state index < -0.39 is 18.0 Å². The van der Waals surface area contributed by atoms with Gasteiger partial charge in [0.25, 0.3) is 5.91 Å². The number of hydrogen-bond donors (Lipinski definition) is 1. The van der Waals surface area contributed by atoms with Gasteiger partial charge in [-0.25, -0.2) is 9.78 Å². The Morgan fingerprint density at radius 2 is 2.08 bits per heavy atom. The van der Waals surface area contributed by atoms with Crippen LogP contribution in [-0.4, -0.2) is 29.6 Å². The van der Waals surface area contributed by atoms with Gasteiger partial charge in [-0.15, -0.1) is 0 Å². The third kappa shape index (κ3) is 5.44. The lowest BCUT2D eigenvalue weighted by atomic mass is 10.2. The van der Waals surface area contributed by atoms with Crippen LogP contribution in [0.15, 0.2) is 41.0 Å². The molecule has 0 bridgehead atoms. The van der Waals surface area contributed by atoms with Crippen LogP contribution in [0.3, 0.4) is 0 Å². The number of ether oxygens (including phenoxy) is 2. The van der Waals surface area contributed by atoms with Gasteiger partial charge in [0.05, 0.1) is 16.6 Å². The first kappa shape index (κ1) is 19.2. The predicted molar refractivity (Wildman–Crippen MR) is 98.1 cm³/mol. The minimum absolute atomic E-state index is 0.237. The fourth-order valence-electron chi connectivity index (χ4n) is 1.88. The van der Waals surface area contributed by atoms with E-state index in [1.54, 1.807) is 32.0 Å². The second kappa shape index (κ2) is 8.82. The molecular weight excluding hydrogens is 412 g/mol. The lowest BCUT2D eigenvalue weighted by Crippen LogP contribution is -2.30. The molecule has 0 aliphatic heterocycles. The molecule has 132 valence electrons. The highest BCUT2D eigenvalue weighted by molar-refractivity contribution is 9.10. The van der Waals surface area contributed by atoms with Gasteiger partial charge in [-0.3, -0.25) is 4.79 Å². The van der Waals surface area contributed by atoms with E-state index in [0.717, 1.165) is 0 Å². The van der Waals surface area contributed by atoms with Gasteiger partial charge in [0.2, 0.25) is 0 Å². The summed E-state index contributed by atoms with van der Waals surface area (Å²) in [6.45, 7) is 3.59. The first-order valence-corrected chi connectivity index (χ1v) is 8.63. The van der Waals surface area contributed by atoms with Gasteiger partial charge >= 0.3 is 5.97 Å². The van der Waals surface area contributed by atoms with Gasteiger partial charge in [0.1, 0.15) is 11.6 Å². The molecule has 2 rings (SSSR count). The summed E-state index contributed by atoms with van der Waals surface area (Å²) in [7, 11) is 0. The number of pyridine rings is 1. The highest BCUT2D eigenvalue weighted by Gasteiger charge is 2.17. The zero-order valence-electron chi connectivity index (χ0n) is 13.6. The molecule has 0 fully saturated rings. The second-order valence-corrected chi connectivity index (χ2v) is 6.27. The second-order valence-electron chi connectivity index (χ2n) is 4.97. The summed E-state index contributed by atoms with van der Waals surface area (Å²) in [5.41, 5.74) is 0.307. The van der Waals surface area contributed by atoms with Gasteiger partial charge in [-0.05, 0) is 60.1 Å². The Kier molecular flexibility index (Phi) is 6.78. The molecule has 0 aliphatic carbocycles. The first-order valence-electron chi connectivity index (χ1n) is 7.46. The highest BCUT2D eigenvalue weighted by Crippen LogP contribution is 2.28. The predicted octanol–water partition coefficient (Wildman–Crippen LogP) is 4.08. The van der Waals surface area contributed by atoms with Gasteiger partial charge in [0, 0.05) is 11.2 Å². The number of hydrogen-bond acceptors (Lipinski definition) is 5. The molecule has 1 atom stereocenters. The molecule has 8 heteroatoms. The quantitative estimate of drug-likeness (QED) is 0.703. The summed E-state index contributed by atoms with van der Waals surface area (Å²) in [6, 6.07) is 7.96. The lowest BCUT2D eigenvalue weighted by Gasteiger charge is -2.15. The average molecular weight is 428 g/mol. The SMILES string of the molecule is CCOC(=O)c1ccnc(NC(=O)C(C)Oc2ccc(Cl)cc2Br)c1. The Labute approximate surface area is 158 Å². The largest absolute Gasteiger partial charge is 0.480 e. The van der Waals surface area contributed by atoms with Crippen molar-refractivity contribution >= 4 is 45.2 Å². The number of rotatable bonds is 6. The Morgan fingerprint density at radius 1 is 1.32 bits per heavy atom. The summed E-state index contributed by atoms with van der Waals surface area (Å²) in [4.78, 5) is 28.0. The summed E-state index contributed by atoms with van der Waals surface area (Å²) in [6.07, 6.45) is 0.633. The van der Waals surface area contributed by atoms with Crippen LogP contribution in [0.4, 0.5) is 5.82 Å². The zero-order valence-corrected chi connectivity index (χ0v) is 15.9. The normalized spacial score (nSPS) is 11.5. The van der Waals surface area contributed by atoms with E-state index in [4.69, 9.17) is 21.1 Å². The Hall–Kier alpha value is -2.12. The molecule has 2 aromatic rings. The van der Waals surface area contributed by atoms with E-state index in [1.807, 2.05) is 0 Å². The number of benzene rings is 1. The fourth-order valence-corrected chi connectivity index (χ4v) is 2.66. The van der Waals surface area contributed by atoms with Crippen molar-refractivity contribution in [1.82, 2.24) is 4.98 Å². The monoisotopic (exact) mass is 426 g/mol. The molecule has 25 heavy (non-hydrogen) atoms. The van der Waals surface area contributed by atoms with Crippen molar-refractivity contribution < 1.29 is 19.1 Å². The van der Waals surface area contributed by atoms with Gasteiger partial charge in [-0.1, -0.05) is 11.6 Å². The molecule has 1 N–H and O–H groups in total. The van der Waals surface area contributed by atoms with Gasteiger partial charge < -0.3 is 14.8 Å². The maximum atomic E-state index is 12.3. The number of carbonyl (C=O) groups is 2. The van der Waals surface area contributed by atoms with Crippen LogP contribution in [0.25, 0.3) is 0 Å². The number of esters is 1. The van der Waals surface area contributed by atoms with Crippen LogP contribution in [0, 0.1) is 0 Å². The van der Waals surface area contributed by atoms with Gasteiger partial charge in [-0.2, -0.15) is 0 Å². The maximum Gasteiger partial charge on any atom is 0.338 e. The van der Waals surface area contributed by atoms with Crippen LogP contribution in [0.1, 0.15) is 24.2 Å². The smallest absolute Gasteiger partial charge is 0.338 e. The molecule has 0 radical (unpaired) electrons. The van der Waals surface area contributed by atoms with Crippen molar-refractivity contribution in [2.24, 2.45) is 0 Å². The molecule has 1 aromatic heterocycles. The van der Waals surface area contributed by atoms with Crippen molar-refractivity contribution in [2.45, 2.75) is 20.0 Å². The van der Waals surface area contributed by atoms with E-state index in [1.165, 1.54) is 18.3 Å². The number of halogens is 2. The Balaban J connectivity index is 2.03. The lowest BCUT2D eigenvalue weighted by molar-refractivity contribution is -0.122. The van der Waals surface area contributed by atoms with E-state index >= 15 is 0 Å². The summed E-state index contributed by atoms with van der Waals surface area (Å²) in [5.74, 6) is -0.161. The minimum Gasteiger partial charge on any atom is -0.480 e. The molecule has 0 spiro atoms. The number of nitrogens with zero attached hydrogens (tertiary/aromatic N) is 1. The zero-order chi connectivity index (χ0) is 18.4. The number of carbonyl (C=O) groups excluding carboxylic acids is 2. The number of amides is 1. The number of aromatic nitrogens is 1. The third-order valence-corrected chi connectivity index (χ3v) is 3.94. The van der Waals surface area contributed by atoms with Crippen LogP contribution in [0.5, 0.6) is 5.75 Å². The molecule has 1 unspecified atom stereocenters. The van der Waals surface area contributed by atoms with E-state index in [0.29, 0.717) is 20.8 Å². The summed E-state index contributed by atoms with van der Waals surface area (Å²) < 4.78 is 11.2. The molecule has 0 aliphatic rings. The first-order chi connectivity index (χ1) is 11.9. The molecule has 0 saturated heterocycles.